The summed E-state index contributed by atoms with van der Waals surface area (Å²) in [5.74, 6) is -0.292. The van der Waals surface area contributed by atoms with Crippen molar-refractivity contribution in [1.82, 2.24) is 19.3 Å². The molecule has 3 heterocycles. The van der Waals surface area contributed by atoms with Gasteiger partial charge in [-0.1, -0.05) is 49.4 Å². The third kappa shape index (κ3) is 3.37. The van der Waals surface area contributed by atoms with Crippen LogP contribution in [0.5, 0.6) is 0 Å². The Morgan fingerprint density at radius 3 is 2.59 bits per heavy atom. The number of hydrogen-bond acceptors (Lipinski definition) is 3. The number of aromatic amines is 1. The Morgan fingerprint density at radius 2 is 1.84 bits per heavy atom. The molecular formula is C25H23N5O2. The molecule has 1 atom stereocenters. The second-order valence-electron chi connectivity index (χ2n) is 8.16. The summed E-state index contributed by atoms with van der Waals surface area (Å²) in [6.45, 7) is 2.12. The first kappa shape index (κ1) is 19.8. The highest BCUT2D eigenvalue weighted by atomic mass is 16.2. The van der Waals surface area contributed by atoms with Crippen molar-refractivity contribution in [2.24, 2.45) is 14.1 Å². The zero-order chi connectivity index (χ0) is 22.4. The van der Waals surface area contributed by atoms with Crippen LogP contribution in [0.2, 0.25) is 0 Å². The smallest absolute Gasteiger partial charge is 0.274 e. The minimum Gasteiger partial charge on any atom is -0.346 e. The van der Waals surface area contributed by atoms with E-state index in [1.807, 2.05) is 18.3 Å². The van der Waals surface area contributed by atoms with Crippen LogP contribution in [0.15, 0.2) is 71.9 Å². The molecule has 1 amide bonds. The molecule has 1 unspecified atom stereocenters. The maximum atomic E-state index is 12.8. The zero-order valence-electron chi connectivity index (χ0n) is 18.1. The highest BCUT2D eigenvalue weighted by Gasteiger charge is 2.20. The lowest BCUT2D eigenvalue weighted by atomic mass is 9.90. The van der Waals surface area contributed by atoms with E-state index in [0.29, 0.717) is 16.9 Å². The van der Waals surface area contributed by atoms with Crippen molar-refractivity contribution >= 4 is 33.3 Å². The molecule has 5 aromatic rings. The first-order valence-corrected chi connectivity index (χ1v) is 10.4. The predicted octanol–water partition coefficient (Wildman–Crippen LogP) is 4.16. The van der Waals surface area contributed by atoms with E-state index in [-0.39, 0.29) is 17.4 Å². The molecule has 0 spiro atoms. The number of hydrogen-bond donors (Lipinski definition) is 2. The Kier molecular flexibility index (Phi) is 4.66. The van der Waals surface area contributed by atoms with Gasteiger partial charge in [0.15, 0.2) is 0 Å². The van der Waals surface area contributed by atoms with Crippen molar-refractivity contribution in [3.8, 4) is 0 Å². The third-order valence-electron chi connectivity index (χ3n) is 5.94. The number of H-pyrrole nitrogens is 1. The van der Waals surface area contributed by atoms with E-state index in [1.54, 1.807) is 41.8 Å². The maximum Gasteiger partial charge on any atom is 0.274 e. The van der Waals surface area contributed by atoms with Gasteiger partial charge >= 0.3 is 0 Å². The fourth-order valence-corrected chi connectivity index (χ4v) is 4.17. The number of anilines is 1. The van der Waals surface area contributed by atoms with Crippen molar-refractivity contribution in [2.75, 3.05) is 5.32 Å². The molecule has 0 fully saturated rings. The molecule has 0 aliphatic rings. The number of pyridine rings is 1. The van der Waals surface area contributed by atoms with Crippen molar-refractivity contribution in [1.29, 1.82) is 0 Å². The number of rotatable bonds is 4. The van der Waals surface area contributed by atoms with Crippen LogP contribution in [-0.4, -0.2) is 25.2 Å². The Morgan fingerprint density at radius 1 is 1.06 bits per heavy atom. The van der Waals surface area contributed by atoms with Gasteiger partial charge in [-0.15, -0.1) is 0 Å². The van der Waals surface area contributed by atoms with Crippen molar-refractivity contribution < 1.29 is 4.79 Å². The Labute approximate surface area is 184 Å². The van der Waals surface area contributed by atoms with Gasteiger partial charge in [-0.05, 0) is 28.0 Å². The number of carbonyl (C=O) groups is 1. The Balaban J connectivity index is 1.58. The zero-order valence-corrected chi connectivity index (χ0v) is 18.1. The van der Waals surface area contributed by atoms with E-state index in [0.717, 1.165) is 16.5 Å². The first-order valence-electron chi connectivity index (χ1n) is 10.4. The molecule has 7 nitrogen and oxygen atoms in total. The highest BCUT2D eigenvalue weighted by Crippen LogP contribution is 2.31. The van der Waals surface area contributed by atoms with Crippen LogP contribution < -0.4 is 10.9 Å². The number of carbonyl (C=O) groups excluding carboxylic acids is 1. The van der Waals surface area contributed by atoms with Gasteiger partial charge in [-0.3, -0.25) is 14.3 Å². The summed E-state index contributed by atoms with van der Waals surface area (Å²) in [7, 11) is 3.51. The topological polar surface area (TPSA) is 84.7 Å². The van der Waals surface area contributed by atoms with Crippen LogP contribution in [0.3, 0.4) is 0 Å². The fraction of sp³-hybridized carbons (Fsp3) is 0.160. The fourth-order valence-electron chi connectivity index (χ4n) is 4.17. The van der Waals surface area contributed by atoms with E-state index in [9.17, 15) is 9.59 Å². The van der Waals surface area contributed by atoms with Crippen LogP contribution >= 0.6 is 0 Å². The molecule has 0 aliphatic carbocycles. The molecule has 0 bridgehead atoms. The molecule has 5 rings (SSSR count). The SMILES string of the molecule is CC(c1ccc2ccccc2c1)c1cn(C)c(=O)c2[nH]c(C(=O)Nc3cnn(C)c3)cc12. The van der Waals surface area contributed by atoms with Crippen molar-refractivity contribution in [2.45, 2.75) is 12.8 Å². The van der Waals surface area contributed by atoms with Gasteiger partial charge in [0.05, 0.1) is 11.9 Å². The lowest BCUT2D eigenvalue weighted by Crippen LogP contribution is -2.18. The first-order chi connectivity index (χ1) is 15.4. The minimum absolute atomic E-state index is 0.0268. The molecule has 2 N–H and O–H groups in total. The quantitative estimate of drug-likeness (QED) is 0.453. The van der Waals surface area contributed by atoms with Crippen LogP contribution in [0.1, 0.15) is 34.5 Å². The third-order valence-corrected chi connectivity index (χ3v) is 5.94. The van der Waals surface area contributed by atoms with Crippen LogP contribution in [0.25, 0.3) is 21.7 Å². The van der Waals surface area contributed by atoms with E-state index < -0.39 is 0 Å². The molecule has 0 saturated carbocycles. The molecule has 2 aromatic carbocycles. The number of amides is 1. The highest BCUT2D eigenvalue weighted by molar-refractivity contribution is 6.06. The van der Waals surface area contributed by atoms with E-state index in [2.05, 4.69) is 52.7 Å². The van der Waals surface area contributed by atoms with Gasteiger partial charge in [0.25, 0.3) is 11.5 Å². The average molecular weight is 425 g/mol. The monoisotopic (exact) mass is 425 g/mol. The van der Waals surface area contributed by atoms with Crippen LogP contribution in [0.4, 0.5) is 5.69 Å². The maximum absolute atomic E-state index is 12.8. The van der Waals surface area contributed by atoms with Crippen molar-refractivity contribution in [3.05, 3.63) is 94.3 Å². The van der Waals surface area contributed by atoms with E-state index in [1.165, 1.54) is 10.8 Å². The summed E-state index contributed by atoms with van der Waals surface area (Å²) < 4.78 is 3.18. The van der Waals surface area contributed by atoms with Gasteiger partial charge in [0, 0.05) is 37.8 Å². The molecule has 32 heavy (non-hydrogen) atoms. The second-order valence-corrected chi connectivity index (χ2v) is 8.16. The number of fused-ring (bicyclic) bond motifs is 2. The summed E-state index contributed by atoms with van der Waals surface area (Å²) in [6, 6.07) is 16.4. The average Bonchev–Trinajstić information content (AvgIpc) is 3.42. The molecule has 7 heteroatoms. The van der Waals surface area contributed by atoms with Gasteiger partial charge in [0.2, 0.25) is 0 Å². The summed E-state index contributed by atoms with van der Waals surface area (Å²) in [6.07, 6.45) is 5.15. The van der Waals surface area contributed by atoms with Gasteiger partial charge in [-0.25, -0.2) is 0 Å². The van der Waals surface area contributed by atoms with Gasteiger partial charge < -0.3 is 14.9 Å². The largest absolute Gasteiger partial charge is 0.346 e. The van der Waals surface area contributed by atoms with E-state index in [4.69, 9.17) is 0 Å². The normalized spacial score (nSPS) is 12.3. The molecule has 160 valence electrons. The second kappa shape index (κ2) is 7.53. The summed E-state index contributed by atoms with van der Waals surface area (Å²) in [5.41, 5.74) is 3.30. The standard InChI is InChI=1S/C25H23N5O2/c1-15(17-9-8-16-6-4-5-7-18(16)10-17)21-14-29(2)25(32)23-20(21)11-22(28-23)24(31)27-19-12-26-30(3)13-19/h4-15,28H,1-3H3,(H,27,31). The Hall–Kier alpha value is -4.13. The van der Waals surface area contributed by atoms with Crippen LogP contribution in [-0.2, 0) is 14.1 Å². The molecule has 0 saturated heterocycles. The number of nitrogens with zero attached hydrogens (tertiary/aromatic N) is 3. The van der Waals surface area contributed by atoms with E-state index >= 15 is 0 Å². The van der Waals surface area contributed by atoms with Crippen molar-refractivity contribution in [3.63, 3.8) is 0 Å². The minimum atomic E-state index is -0.319. The number of benzene rings is 2. The molecule has 0 radical (unpaired) electrons. The molecule has 3 aromatic heterocycles. The van der Waals surface area contributed by atoms with Gasteiger partial charge in [0.1, 0.15) is 11.2 Å². The lowest BCUT2D eigenvalue weighted by molar-refractivity contribution is 0.102. The number of aromatic nitrogens is 4. The predicted molar refractivity (Wildman–Crippen MR) is 126 cm³/mol. The molecule has 0 aliphatic heterocycles. The Bertz CT molecular complexity index is 1540. The van der Waals surface area contributed by atoms with Gasteiger partial charge in [-0.2, -0.15) is 5.10 Å². The van der Waals surface area contributed by atoms with Crippen LogP contribution in [0, 0.1) is 0 Å². The summed E-state index contributed by atoms with van der Waals surface area (Å²) in [4.78, 5) is 28.6. The summed E-state index contributed by atoms with van der Waals surface area (Å²) in [5, 5.41) is 9.98. The number of nitrogens with one attached hydrogen (secondary N) is 2. The lowest BCUT2D eigenvalue weighted by Gasteiger charge is -2.16. The summed E-state index contributed by atoms with van der Waals surface area (Å²) >= 11 is 0. The molecular weight excluding hydrogens is 402 g/mol. The number of aryl methyl sites for hydroxylation is 2.